The minimum absolute atomic E-state index is 0.0563. The van der Waals surface area contributed by atoms with E-state index in [0.29, 0.717) is 13.1 Å². The lowest BCUT2D eigenvalue weighted by Crippen LogP contribution is -2.30. The number of thioether (sulfide) groups is 1. The molecule has 1 saturated heterocycles. The molecule has 1 aliphatic heterocycles. The fraction of sp³-hybridized carbons (Fsp3) is 0.409. The molecule has 0 atom stereocenters. The lowest BCUT2D eigenvalue weighted by Gasteiger charge is -2.17. The van der Waals surface area contributed by atoms with E-state index in [9.17, 15) is 4.79 Å². The second-order valence-corrected chi connectivity index (χ2v) is 9.00. The van der Waals surface area contributed by atoms with E-state index >= 15 is 0 Å². The zero-order valence-electron chi connectivity index (χ0n) is 18.1. The number of aromatic nitrogens is 6. The smallest absolute Gasteiger partial charge is 0.240 e. The number of fused-ring (bicyclic) bond motifs is 2. The number of nitrogens with zero attached hydrogens (tertiary/aromatic N) is 7. The summed E-state index contributed by atoms with van der Waals surface area (Å²) in [6.45, 7) is 5.40. The Labute approximate surface area is 190 Å². The van der Waals surface area contributed by atoms with Gasteiger partial charge in [0.1, 0.15) is 12.4 Å². The molecule has 5 rings (SSSR count). The van der Waals surface area contributed by atoms with Crippen molar-refractivity contribution in [3.63, 3.8) is 0 Å². The van der Waals surface area contributed by atoms with Gasteiger partial charge in [-0.25, -0.2) is 19.6 Å². The zero-order chi connectivity index (χ0) is 21.9. The first-order valence-electron chi connectivity index (χ1n) is 11.0. The molecular weight excluding hydrogens is 424 g/mol. The Morgan fingerprint density at radius 1 is 1.19 bits per heavy atom. The molecule has 10 heteroatoms. The number of hydrogen-bond donors (Lipinski definition) is 1. The van der Waals surface area contributed by atoms with Gasteiger partial charge in [-0.15, -0.1) is 0 Å². The van der Waals surface area contributed by atoms with Crippen LogP contribution in [0.1, 0.15) is 19.8 Å². The molecule has 1 aromatic carbocycles. The molecule has 0 unspecified atom stereocenters. The Hall–Kier alpha value is -3.14. The summed E-state index contributed by atoms with van der Waals surface area (Å²) < 4.78 is 3.72. The molecule has 166 valence electrons. The lowest BCUT2D eigenvalue weighted by atomic mass is 10.3. The number of amides is 1. The molecule has 4 heterocycles. The fourth-order valence-electron chi connectivity index (χ4n) is 4.10. The first-order valence-corrected chi connectivity index (χ1v) is 12.0. The summed E-state index contributed by atoms with van der Waals surface area (Å²) >= 11 is 1.64. The first-order chi connectivity index (χ1) is 15.7. The van der Waals surface area contributed by atoms with E-state index in [1.165, 1.54) is 12.8 Å². The molecule has 9 nitrogen and oxygen atoms in total. The molecular formula is C22H26N8OS. The van der Waals surface area contributed by atoms with Crippen molar-refractivity contribution < 1.29 is 4.79 Å². The van der Waals surface area contributed by atoms with Crippen LogP contribution in [0.2, 0.25) is 0 Å². The molecule has 32 heavy (non-hydrogen) atoms. The summed E-state index contributed by atoms with van der Waals surface area (Å²) in [5.74, 6) is 1.84. The fourth-order valence-corrected chi connectivity index (χ4v) is 4.66. The monoisotopic (exact) mass is 450 g/mol. The third kappa shape index (κ3) is 4.14. The number of anilines is 1. The molecule has 0 radical (unpaired) electrons. The van der Waals surface area contributed by atoms with E-state index in [1.54, 1.807) is 18.1 Å². The normalized spacial score (nSPS) is 14.0. The van der Waals surface area contributed by atoms with Gasteiger partial charge in [0.05, 0.1) is 35.5 Å². The molecule has 4 aromatic rings. The number of carbonyl (C=O) groups excluding carboxylic acids is 1. The minimum atomic E-state index is -0.0563. The second kappa shape index (κ2) is 9.15. The van der Waals surface area contributed by atoms with Crippen molar-refractivity contribution in [3.8, 4) is 0 Å². The van der Waals surface area contributed by atoms with Gasteiger partial charge in [0.25, 0.3) is 0 Å². The van der Waals surface area contributed by atoms with E-state index < -0.39 is 0 Å². The van der Waals surface area contributed by atoms with E-state index in [2.05, 4.69) is 27.2 Å². The van der Waals surface area contributed by atoms with Gasteiger partial charge in [-0.05, 0) is 30.7 Å². The highest BCUT2D eigenvalue weighted by Crippen LogP contribution is 2.29. The van der Waals surface area contributed by atoms with Crippen molar-refractivity contribution in [2.75, 3.05) is 30.3 Å². The summed E-state index contributed by atoms with van der Waals surface area (Å²) in [7, 11) is 0. The summed E-state index contributed by atoms with van der Waals surface area (Å²) in [6.07, 6.45) is 5.93. The van der Waals surface area contributed by atoms with Gasteiger partial charge in [0.2, 0.25) is 5.91 Å². The standard InChI is InChI=1S/C22H26N8OS/c1-2-32-22-26-20(28-10-5-6-11-28)16-13-25-30(21(16)27-22)12-9-23-19(31)14-29-15-24-17-7-3-4-8-18(17)29/h3-4,7-8,13,15H,2,5-6,9-12,14H2,1H3,(H,23,31). The number of para-hydroxylation sites is 2. The van der Waals surface area contributed by atoms with Crippen LogP contribution in [-0.2, 0) is 17.9 Å². The van der Waals surface area contributed by atoms with E-state index in [-0.39, 0.29) is 12.5 Å². The Morgan fingerprint density at radius 3 is 2.88 bits per heavy atom. The molecule has 3 aromatic heterocycles. The zero-order valence-corrected chi connectivity index (χ0v) is 18.9. The molecule has 1 aliphatic rings. The third-order valence-corrected chi connectivity index (χ3v) is 6.35. The highest BCUT2D eigenvalue weighted by Gasteiger charge is 2.20. The average Bonchev–Trinajstić information content (AvgIpc) is 3.55. The number of hydrogen-bond acceptors (Lipinski definition) is 7. The number of nitrogens with one attached hydrogen (secondary N) is 1. The van der Waals surface area contributed by atoms with Crippen LogP contribution in [-0.4, -0.2) is 60.6 Å². The minimum Gasteiger partial charge on any atom is -0.356 e. The van der Waals surface area contributed by atoms with Crippen LogP contribution in [0.5, 0.6) is 0 Å². The van der Waals surface area contributed by atoms with Crippen LogP contribution in [0, 0.1) is 0 Å². The number of imidazole rings is 1. The van der Waals surface area contributed by atoms with Crippen LogP contribution in [0.25, 0.3) is 22.1 Å². The highest BCUT2D eigenvalue weighted by molar-refractivity contribution is 7.99. The Kier molecular flexibility index (Phi) is 5.93. The predicted octanol–water partition coefficient (Wildman–Crippen LogP) is 2.70. The van der Waals surface area contributed by atoms with Crippen molar-refractivity contribution in [3.05, 3.63) is 36.8 Å². The summed E-state index contributed by atoms with van der Waals surface area (Å²) in [4.78, 5) is 28.7. The van der Waals surface area contributed by atoms with Crippen molar-refractivity contribution in [1.82, 2.24) is 34.6 Å². The van der Waals surface area contributed by atoms with Gasteiger partial charge < -0.3 is 14.8 Å². The third-order valence-electron chi connectivity index (χ3n) is 5.62. The maximum atomic E-state index is 12.5. The summed E-state index contributed by atoms with van der Waals surface area (Å²) in [6, 6.07) is 7.80. The van der Waals surface area contributed by atoms with Gasteiger partial charge in [-0.1, -0.05) is 30.8 Å². The molecule has 1 N–H and O–H groups in total. The SMILES string of the molecule is CCSc1nc(N2CCCC2)c2cnn(CCNC(=O)Cn3cnc4ccccc43)c2n1. The second-order valence-electron chi connectivity index (χ2n) is 7.77. The molecule has 0 aliphatic carbocycles. The molecule has 0 spiro atoms. The van der Waals surface area contributed by atoms with Crippen LogP contribution in [0.3, 0.4) is 0 Å². The molecule has 0 saturated carbocycles. The van der Waals surface area contributed by atoms with Crippen LogP contribution in [0.4, 0.5) is 5.82 Å². The molecule has 1 amide bonds. The predicted molar refractivity (Wildman–Crippen MR) is 126 cm³/mol. The van der Waals surface area contributed by atoms with Crippen molar-refractivity contribution in [2.45, 2.75) is 38.0 Å². The number of carbonyl (C=O) groups is 1. The van der Waals surface area contributed by atoms with Gasteiger partial charge in [0, 0.05) is 19.6 Å². The van der Waals surface area contributed by atoms with Gasteiger partial charge in [-0.3, -0.25) is 4.79 Å². The van der Waals surface area contributed by atoms with Crippen molar-refractivity contribution >= 4 is 45.6 Å². The van der Waals surface area contributed by atoms with E-state index in [4.69, 9.17) is 9.97 Å². The van der Waals surface area contributed by atoms with Crippen LogP contribution >= 0.6 is 11.8 Å². The van der Waals surface area contributed by atoms with Crippen molar-refractivity contribution in [1.29, 1.82) is 0 Å². The average molecular weight is 451 g/mol. The van der Waals surface area contributed by atoms with E-state index in [1.807, 2.05) is 39.7 Å². The maximum Gasteiger partial charge on any atom is 0.240 e. The Balaban J connectivity index is 1.28. The molecule has 0 bridgehead atoms. The topological polar surface area (TPSA) is 93.8 Å². The Morgan fingerprint density at radius 2 is 2.03 bits per heavy atom. The first kappa shape index (κ1) is 20.7. The van der Waals surface area contributed by atoms with Gasteiger partial charge >= 0.3 is 0 Å². The summed E-state index contributed by atoms with van der Waals surface area (Å²) in [5.41, 5.74) is 2.66. The van der Waals surface area contributed by atoms with Gasteiger partial charge in [0.15, 0.2) is 10.8 Å². The number of benzene rings is 1. The highest BCUT2D eigenvalue weighted by atomic mass is 32.2. The maximum absolute atomic E-state index is 12.5. The van der Waals surface area contributed by atoms with Crippen LogP contribution in [0.15, 0.2) is 41.9 Å². The van der Waals surface area contributed by atoms with Crippen molar-refractivity contribution in [2.24, 2.45) is 0 Å². The van der Waals surface area contributed by atoms with Crippen LogP contribution < -0.4 is 10.2 Å². The quantitative estimate of drug-likeness (QED) is 0.326. The lowest BCUT2D eigenvalue weighted by molar-refractivity contribution is -0.121. The summed E-state index contributed by atoms with van der Waals surface area (Å²) in [5, 5.41) is 9.30. The largest absolute Gasteiger partial charge is 0.356 e. The number of rotatable bonds is 8. The molecule has 1 fully saturated rings. The Bertz CT molecular complexity index is 1240. The van der Waals surface area contributed by atoms with Gasteiger partial charge in [-0.2, -0.15) is 5.10 Å². The van der Waals surface area contributed by atoms with E-state index in [0.717, 1.165) is 51.9 Å².